The van der Waals surface area contributed by atoms with Crippen LogP contribution in [0.4, 0.5) is 5.69 Å². The maximum atomic E-state index is 13.1. The molecule has 3 aliphatic rings. The molecule has 4 rings (SSSR count). The first-order valence-corrected chi connectivity index (χ1v) is 9.29. The van der Waals surface area contributed by atoms with E-state index >= 15 is 0 Å². The van der Waals surface area contributed by atoms with Gasteiger partial charge in [0.15, 0.2) is 5.78 Å². The molecule has 3 aliphatic heterocycles. The summed E-state index contributed by atoms with van der Waals surface area (Å²) in [4.78, 5) is 51.9. The fourth-order valence-electron chi connectivity index (χ4n) is 4.89. The third kappa shape index (κ3) is 2.55. The molecule has 2 saturated heterocycles. The summed E-state index contributed by atoms with van der Waals surface area (Å²) >= 11 is 0. The van der Waals surface area contributed by atoms with Gasteiger partial charge in [-0.2, -0.15) is 0 Å². The molecule has 1 N–H and O–H groups in total. The number of ether oxygens (including phenoxy) is 2. The Morgan fingerprint density at radius 1 is 1.29 bits per heavy atom. The van der Waals surface area contributed by atoms with Crippen molar-refractivity contribution in [3.8, 4) is 0 Å². The zero-order valence-electron chi connectivity index (χ0n) is 16.0. The van der Waals surface area contributed by atoms with Gasteiger partial charge in [-0.3, -0.25) is 19.7 Å². The van der Waals surface area contributed by atoms with Crippen LogP contribution in [0.1, 0.15) is 36.2 Å². The molecule has 8 nitrogen and oxygen atoms in total. The molecule has 0 radical (unpaired) electrons. The highest BCUT2D eigenvalue weighted by molar-refractivity contribution is 6.22. The van der Waals surface area contributed by atoms with Crippen molar-refractivity contribution in [2.75, 3.05) is 18.6 Å². The summed E-state index contributed by atoms with van der Waals surface area (Å²) in [6, 6.07) is 4.64. The molecule has 3 heterocycles. The van der Waals surface area contributed by atoms with Crippen LogP contribution in [0.2, 0.25) is 0 Å². The Kier molecular flexibility index (Phi) is 4.26. The lowest BCUT2D eigenvalue weighted by Crippen LogP contribution is -2.72. The van der Waals surface area contributed by atoms with E-state index in [-0.39, 0.29) is 25.0 Å². The highest BCUT2D eigenvalue weighted by atomic mass is 16.5. The molecule has 2 amide bonds. The van der Waals surface area contributed by atoms with Gasteiger partial charge >= 0.3 is 5.97 Å². The number of fused-ring (bicyclic) bond motifs is 4. The summed E-state index contributed by atoms with van der Waals surface area (Å²) in [6.07, 6.45) is -0.725. The number of amides is 2. The van der Waals surface area contributed by atoms with Crippen molar-refractivity contribution in [3.63, 3.8) is 0 Å². The highest BCUT2D eigenvalue weighted by Crippen LogP contribution is 2.47. The first-order chi connectivity index (χ1) is 13.3. The highest BCUT2D eigenvalue weighted by Gasteiger charge is 2.62. The molecule has 0 unspecified atom stereocenters. The number of anilines is 1. The fourth-order valence-corrected chi connectivity index (χ4v) is 4.89. The van der Waals surface area contributed by atoms with Crippen molar-refractivity contribution in [2.24, 2.45) is 5.41 Å². The molecule has 1 spiro atoms. The zero-order chi connectivity index (χ0) is 20.2. The van der Waals surface area contributed by atoms with E-state index in [1.165, 1.54) is 7.11 Å². The molecule has 8 heteroatoms. The molecule has 148 valence electrons. The first-order valence-electron chi connectivity index (χ1n) is 9.29. The lowest BCUT2D eigenvalue weighted by Gasteiger charge is -2.55. The van der Waals surface area contributed by atoms with Crippen LogP contribution >= 0.6 is 0 Å². The number of nitrogens with one attached hydrogen (secondary N) is 1. The molecule has 0 aromatic heterocycles. The topological polar surface area (TPSA) is 102 Å². The van der Waals surface area contributed by atoms with Crippen molar-refractivity contribution in [1.82, 2.24) is 5.32 Å². The lowest BCUT2D eigenvalue weighted by atomic mass is 9.63. The largest absolute Gasteiger partial charge is 0.465 e. The summed E-state index contributed by atoms with van der Waals surface area (Å²) < 4.78 is 10.8. The van der Waals surface area contributed by atoms with Gasteiger partial charge in [-0.15, -0.1) is 0 Å². The second-order valence-electron chi connectivity index (χ2n) is 7.71. The van der Waals surface area contributed by atoms with Gasteiger partial charge in [-0.25, -0.2) is 4.79 Å². The molecule has 0 saturated carbocycles. The molecular weight excluding hydrogens is 364 g/mol. The van der Waals surface area contributed by atoms with Crippen LogP contribution in [0.15, 0.2) is 18.2 Å². The third-order valence-corrected chi connectivity index (χ3v) is 5.94. The number of benzene rings is 1. The van der Waals surface area contributed by atoms with Gasteiger partial charge in [-0.1, -0.05) is 0 Å². The Labute approximate surface area is 162 Å². The number of methoxy groups -OCH3 is 1. The van der Waals surface area contributed by atoms with Gasteiger partial charge < -0.3 is 14.4 Å². The van der Waals surface area contributed by atoms with E-state index in [0.29, 0.717) is 17.7 Å². The molecule has 28 heavy (non-hydrogen) atoms. The zero-order valence-corrected chi connectivity index (χ0v) is 16.0. The smallest absolute Gasteiger partial charge is 0.337 e. The Bertz CT molecular complexity index is 875. The molecule has 0 aliphatic carbocycles. The Morgan fingerprint density at radius 3 is 2.71 bits per heavy atom. The van der Waals surface area contributed by atoms with Gasteiger partial charge in [0.2, 0.25) is 11.8 Å². The summed E-state index contributed by atoms with van der Waals surface area (Å²) in [7, 11) is 1.30. The number of ketones is 1. The molecule has 2 fully saturated rings. The van der Waals surface area contributed by atoms with E-state index in [4.69, 9.17) is 9.47 Å². The minimum Gasteiger partial charge on any atom is -0.465 e. The Hall–Kier alpha value is -2.74. The van der Waals surface area contributed by atoms with Crippen LogP contribution in [-0.4, -0.2) is 55.5 Å². The van der Waals surface area contributed by atoms with Crippen LogP contribution in [0.5, 0.6) is 0 Å². The summed E-state index contributed by atoms with van der Waals surface area (Å²) in [6.45, 7) is 4.28. The van der Waals surface area contributed by atoms with Crippen LogP contribution in [0, 0.1) is 5.41 Å². The van der Waals surface area contributed by atoms with Gasteiger partial charge in [0.25, 0.3) is 0 Å². The second kappa shape index (κ2) is 6.41. The normalized spacial score (nSPS) is 31.9. The molecule has 4 atom stereocenters. The minimum atomic E-state index is -1.44. The monoisotopic (exact) mass is 386 g/mol. The molecular formula is C20H22N2O6. The molecule has 1 aromatic rings. The van der Waals surface area contributed by atoms with E-state index in [9.17, 15) is 19.2 Å². The maximum Gasteiger partial charge on any atom is 0.337 e. The van der Waals surface area contributed by atoms with Crippen molar-refractivity contribution < 1.29 is 28.7 Å². The number of piperidine rings is 1. The average molecular weight is 386 g/mol. The lowest BCUT2D eigenvalue weighted by molar-refractivity contribution is -0.158. The summed E-state index contributed by atoms with van der Waals surface area (Å²) in [5.74, 6) is -2.07. The number of nitrogens with zero attached hydrogens (tertiary/aromatic N) is 1. The number of esters is 1. The van der Waals surface area contributed by atoms with E-state index < -0.39 is 35.0 Å². The van der Waals surface area contributed by atoms with E-state index in [1.54, 1.807) is 12.1 Å². The quantitative estimate of drug-likeness (QED) is 0.429. The SMILES string of the molecule is COC(=O)c1ccc2c(c1)C[C@@]1(C(=O)CC(=O)NC1=O)[C@H]1[C@H](C)O[C@H](C)CN21. The van der Waals surface area contributed by atoms with Gasteiger partial charge in [0.05, 0.1) is 37.3 Å². The number of Topliss-reactive ketones (excluding diaryl/α,β-unsaturated/α-hetero) is 1. The number of carbonyl (C=O) groups excluding carboxylic acids is 4. The average Bonchev–Trinajstić information content (AvgIpc) is 2.64. The Balaban J connectivity index is 1.90. The second-order valence-corrected chi connectivity index (χ2v) is 7.71. The molecule has 1 aromatic carbocycles. The maximum absolute atomic E-state index is 13.1. The minimum absolute atomic E-state index is 0.0991. The number of hydrogen-bond acceptors (Lipinski definition) is 7. The molecule has 0 bridgehead atoms. The fraction of sp³-hybridized carbons (Fsp3) is 0.500. The van der Waals surface area contributed by atoms with Gasteiger partial charge in [0.1, 0.15) is 5.41 Å². The van der Waals surface area contributed by atoms with Crippen LogP contribution < -0.4 is 10.2 Å². The van der Waals surface area contributed by atoms with Gasteiger partial charge in [-0.05, 0) is 44.0 Å². The number of hydrogen-bond donors (Lipinski definition) is 1. The van der Waals surface area contributed by atoms with Crippen LogP contribution in [0.25, 0.3) is 0 Å². The summed E-state index contributed by atoms with van der Waals surface area (Å²) in [5, 5.41) is 2.34. The van der Waals surface area contributed by atoms with Crippen LogP contribution in [-0.2, 0) is 30.3 Å². The predicted octanol–water partition coefficient (Wildman–Crippen LogP) is 0.614. The van der Waals surface area contributed by atoms with Crippen molar-refractivity contribution >= 4 is 29.3 Å². The van der Waals surface area contributed by atoms with Gasteiger partial charge in [0, 0.05) is 12.2 Å². The first kappa shape index (κ1) is 18.6. The predicted molar refractivity (Wildman–Crippen MR) is 97.8 cm³/mol. The third-order valence-electron chi connectivity index (χ3n) is 5.94. The van der Waals surface area contributed by atoms with Crippen LogP contribution in [0.3, 0.4) is 0 Å². The number of imide groups is 1. The van der Waals surface area contributed by atoms with Crippen molar-refractivity contribution in [3.05, 3.63) is 29.3 Å². The Morgan fingerprint density at radius 2 is 2.04 bits per heavy atom. The number of morpholine rings is 1. The van der Waals surface area contributed by atoms with E-state index in [2.05, 4.69) is 5.32 Å². The van der Waals surface area contributed by atoms with E-state index in [1.807, 2.05) is 24.8 Å². The number of carbonyl (C=O) groups is 4. The standard InChI is InChI=1S/C20H22N2O6/c1-10-9-22-14-5-4-12(18(25)27-3)6-13(14)8-20(17(22)11(2)28-10)15(23)7-16(24)21-19(20)26/h4-6,10-11,17H,7-9H2,1-3H3,(H,21,24,26)/t10-,11+,17-,20-/m1/s1. The number of rotatable bonds is 1. The van der Waals surface area contributed by atoms with Crippen molar-refractivity contribution in [2.45, 2.75) is 44.9 Å². The van der Waals surface area contributed by atoms with E-state index in [0.717, 1.165) is 5.69 Å². The van der Waals surface area contributed by atoms with Crippen molar-refractivity contribution in [1.29, 1.82) is 0 Å². The summed E-state index contributed by atoms with van der Waals surface area (Å²) in [5.41, 5.74) is 0.486.